The van der Waals surface area contributed by atoms with E-state index in [1.807, 2.05) is 0 Å². The number of fused-ring (bicyclic) bond motifs is 1. The quantitative estimate of drug-likeness (QED) is 0.855. The van der Waals surface area contributed by atoms with Crippen molar-refractivity contribution in [1.29, 1.82) is 0 Å². The Labute approximate surface area is 115 Å². The summed E-state index contributed by atoms with van der Waals surface area (Å²) in [6.45, 7) is 0.897. The average Bonchev–Trinajstić information content (AvgIpc) is 2.70. The molecule has 2 heterocycles. The van der Waals surface area contributed by atoms with Gasteiger partial charge in [-0.1, -0.05) is 11.6 Å². The van der Waals surface area contributed by atoms with Gasteiger partial charge in [-0.25, -0.2) is 8.42 Å². The third-order valence-corrected chi connectivity index (χ3v) is 6.43. The topological polar surface area (TPSA) is 66.8 Å². The smallest absolute Gasteiger partial charge is 0.253 e. The van der Waals surface area contributed by atoms with E-state index in [-0.39, 0.29) is 10.8 Å². The number of ether oxygens (including phenoxy) is 1. The van der Waals surface area contributed by atoms with Gasteiger partial charge in [0.05, 0.1) is 10.4 Å². The van der Waals surface area contributed by atoms with Gasteiger partial charge in [0, 0.05) is 32.4 Å². The monoisotopic (exact) mass is 311 g/mol. The number of rotatable bonds is 4. The molecule has 0 saturated carbocycles. The summed E-state index contributed by atoms with van der Waals surface area (Å²) in [5.74, 6) is 0. The number of hydrogen-bond donors (Lipinski definition) is 1. The molecule has 1 aliphatic heterocycles. The van der Waals surface area contributed by atoms with Gasteiger partial charge in [-0.15, -0.1) is 11.3 Å². The molecule has 1 aliphatic rings. The molecule has 2 rings (SSSR count). The van der Waals surface area contributed by atoms with E-state index >= 15 is 0 Å². The van der Waals surface area contributed by atoms with Crippen LogP contribution in [0.3, 0.4) is 0 Å². The first-order chi connectivity index (χ1) is 8.46. The van der Waals surface area contributed by atoms with Crippen molar-refractivity contribution >= 4 is 33.0 Å². The fourth-order valence-corrected chi connectivity index (χ4v) is 5.50. The first kappa shape index (κ1) is 14.2. The summed E-state index contributed by atoms with van der Waals surface area (Å²) in [6.07, 6.45) is -0.216. The van der Waals surface area contributed by atoms with Crippen LogP contribution < -0.4 is 0 Å². The number of hydrogen-bond acceptors (Lipinski definition) is 5. The molecule has 5 nitrogen and oxygen atoms in total. The highest BCUT2D eigenvalue weighted by atomic mass is 35.5. The third kappa shape index (κ3) is 2.56. The predicted octanol–water partition coefficient (Wildman–Crippen LogP) is 1.48. The van der Waals surface area contributed by atoms with E-state index in [4.69, 9.17) is 16.3 Å². The second-order valence-electron chi connectivity index (χ2n) is 4.02. The molecule has 1 aromatic heterocycles. The Morgan fingerprint density at radius 3 is 3.06 bits per heavy atom. The summed E-state index contributed by atoms with van der Waals surface area (Å²) < 4.78 is 31.3. The molecule has 0 saturated heterocycles. The van der Waals surface area contributed by atoms with Crippen LogP contribution in [0.2, 0.25) is 4.34 Å². The largest absolute Gasteiger partial charge is 0.387 e. The number of halogens is 1. The van der Waals surface area contributed by atoms with Crippen molar-refractivity contribution in [3.63, 3.8) is 0 Å². The Bertz CT molecular complexity index is 528. The van der Waals surface area contributed by atoms with Crippen molar-refractivity contribution in [1.82, 2.24) is 4.31 Å². The van der Waals surface area contributed by atoms with Crippen LogP contribution in [0.4, 0.5) is 0 Å². The highest BCUT2D eigenvalue weighted by molar-refractivity contribution is 7.91. The van der Waals surface area contributed by atoms with Crippen molar-refractivity contribution < 1.29 is 18.3 Å². The lowest BCUT2D eigenvalue weighted by atomic mass is 10.2. The Kier molecular flexibility index (Phi) is 4.30. The van der Waals surface area contributed by atoms with E-state index in [9.17, 15) is 13.5 Å². The van der Waals surface area contributed by atoms with Gasteiger partial charge in [-0.05, 0) is 12.5 Å². The van der Waals surface area contributed by atoms with E-state index in [2.05, 4.69) is 0 Å². The standard InChI is InChI=1S/C10H14ClNO4S2/c1-16-4-2-3-12-6-8(13)7-5-9(11)17-10(7)18(12,14)15/h5,8,13H,2-4,6H2,1H3/t8-/m0/s1. The highest BCUT2D eigenvalue weighted by Crippen LogP contribution is 2.40. The maximum atomic E-state index is 12.3. The summed E-state index contributed by atoms with van der Waals surface area (Å²) in [5, 5.41) is 9.94. The molecule has 0 fully saturated rings. The van der Waals surface area contributed by atoms with Gasteiger partial charge in [0.25, 0.3) is 10.0 Å². The summed E-state index contributed by atoms with van der Waals surface area (Å²) in [4.78, 5) is 0. The number of sulfonamides is 1. The SMILES string of the molecule is COCCCN1C[C@H](O)c2cc(Cl)sc2S1(=O)=O. The van der Waals surface area contributed by atoms with Gasteiger partial charge >= 0.3 is 0 Å². The molecule has 1 atom stereocenters. The Morgan fingerprint density at radius 2 is 2.39 bits per heavy atom. The maximum absolute atomic E-state index is 12.3. The Morgan fingerprint density at radius 1 is 1.67 bits per heavy atom. The summed E-state index contributed by atoms with van der Waals surface area (Å²) >= 11 is 6.81. The van der Waals surface area contributed by atoms with Crippen LogP contribution in [-0.4, -0.2) is 44.6 Å². The van der Waals surface area contributed by atoms with Crippen molar-refractivity contribution in [2.75, 3.05) is 26.8 Å². The zero-order valence-electron chi connectivity index (χ0n) is 9.80. The molecule has 0 unspecified atom stereocenters. The van der Waals surface area contributed by atoms with Gasteiger partial charge in [-0.3, -0.25) is 0 Å². The molecule has 102 valence electrons. The van der Waals surface area contributed by atoms with Crippen LogP contribution in [0.1, 0.15) is 18.1 Å². The van der Waals surface area contributed by atoms with Crippen LogP contribution >= 0.6 is 22.9 Å². The van der Waals surface area contributed by atoms with E-state index in [0.717, 1.165) is 11.3 Å². The lowest BCUT2D eigenvalue weighted by molar-refractivity contribution is 0.131. The van der Waals surface area contributed by atoms with E-state index in [0.29, 0.717) is 29.5 Å². The Hall–Kier alpha value is -0.180. The van der Waals surface area contributed by atoms with Gasteiger partial charge < -0.3 is 9.84 Å². The fraction of sp³-hybridized carbons (Fsp3) is 0.600. The van der Waals surface area contributed by atoms with Gasteiger partial charge in [0.1, 0.15) is 4.21 Å². The highest BCUT2D eigenvalue weighted by Gasteiger charge is 2.37. The molecular formula is C10H14ClNO4S2. The summed E-state index contributed by atoms with van der Waals surface area (Å²) in [7, 11) is -1.96. The summed E-state index contributed by atoms with van der Waals surface area (Å²) in [5.41, 5.74) is 0.410. The number of aliphatic hydroxyl groups excluding tert-OH is 1. The Balaban J connectivity index is 2.27. The van der Waals surface area contributed by atoms with Crippen molar-refractivity contribution in [2.24, 2.45) is 0 Å². The fourth-order valence-electron chi connectivity index (χ4n) is 1.90. The normalized spacial score (nSPS) is 22.9. The van der Waals surface area contributed by atoms with Crippen molar-refractivity contribution in [3.05, 3.63) is 16.0 Å². The number of aliphatic hydroxyl groups is 1. The van der Waals surface area contributed by atoms with Gasteiger partial charge in [0.15, 0.2) is 0 Å². The van der Waals surface area contributed by atoms with Crippen LogP contribution in [0, 0.1) is 0 Å². The molecule has 1 aromatic rings. The minimum atomic E-state index is -3.52. The number of methoxy groups -OCH3 is 1. The van der Waals surface area contributed by atoms with Gasteiger partial charge in [-0.2, -0.15) is 4.31 Å². The van der Waals surface area contributed by atoms with Crippen LogP contribution in [0.5, 0.6) is 0 Å². The molecule has 1 N–H and O–H groups in total. The van der Waals surface area contributed by atoms with Crippen molar-refractivity contribution in [3.8, 4) is 0 Å². The van der Waals surface area contributed by atoms with Crippen molar-refractivity contribution in [2.45, 2.75) is 16.7 Å². The first-order valence-corrected chi connectivity index (χ1v) is 8.06. The minimum absolute atomic E-state index is 0.0755. The van der Waals surface area contributed by atoms with Crippen LogP contribution in [0.25, 0.3) is 0 Å². The summed E-state index contributed by atoms with van der Waals surface area (Å²) in [6, 6.07) is 1.52. The lowest BCUT2D eigenvalue weighted by Gasteiger charge is -2.29. The zero-order valence-corrected chi connectivity index (χ0v) is 12.2. The van der Waals surface area contributed by atoms with Crippen LogP contribution in [0.15, 0.2) is 10.3 Å². The van der Waals surface area contributed by atoms with E-state index in [1.54, 1.807) is 7.11 Å². The molecule has 8 heteroatoms. The molecule has 0 aliphatic carbocycles. The second kappa shape index (κ2) is 5.44. The second-order valence-corrected chi connectivity index (χ2v) is 7.84. The van der Waals surface area contributed by atoms with E-state index in [1.165, 1.54) is 10.4 Å². The zero-order chi connectivity index (χ0) is 13.3. The molecular weight excluding hydrogens is 298 g/mol. The third-order valence-electron chi connectivity index (χ3n) is 2.76. The molecule has 0 spiro atoms. The van der Waals surface area contributed by atoms with Crippen LogP contribution in [-0.2, 0) is 14.8 Å². The molecule has 18 heavy (non-hydrogen) atoms. The van der Waals surface area contributed by atoms with E-state index < -0.39 is 16.1 Å². The minimum Gasteiger partial charge on any atom is -0.387 e. The predicted molar refractivity (Wildman–Crippen MR) is 69.5 cm³/mol. The molecule has 0 amide bonds. The lowest BCUT2D eigenvalue weighted by Crippen LogP contribution is -2.39. The van der Waals surface area contributed by atoms with Gasteiger partial charge in [0.2, 0.25) is 0 Å². The molecule has 0 bridgehead atoms. The average molecular weight is 312 g/mol. The number of nitrogens with zero attached hydrogens (tertiary/aromatic N) is 1. The maximum Gasteiger partial charge on any atom is 0.253 e. The molecule has 0 aromatic carbocycles. The number of β-amino-alcohol motifs (C(OH)–C–C–N with tert-alkyl or cyclic N) is 1. The molecule has 0 radical (unpaired) electrons. The number of thiophene rings is 1. The first-order valence-electron chi connectivity index (χ1n) is 5.43.